The zero-order valence-electron chi connectivity index (χ0n) is 16.6. The van der Waals surface area contributed by atoms with Gasteiger partial charge in [-0.3, -0.25) is 4.99 Å². The maximum Gasteiger partial charge on any atom is 0.152 e. The molecule has 1 N–H and O–H groups in total. The fourth-order valence-electron chi connectivity index (χ4n) is 4.53. The van der Waals surface area contributed by atoms with E-state index in [9.17, 15) is 0 Å². The zero-order chi connectivity index (χ0) is 19.8. The smallest absolute Gasteiger partial charge is 0.152 e. The van der Waals surface area contributed by atoms with Crippen LogP contribution in [0.5, 0.6) is 0 Å². The van der Waals surface area contributed by atoms with Gasteiger partial charge in [-0.25, -0.2) is 4.98 Å². The van der Waals surface area contributed by atoms with Crippen LogP contribution in [-0.4, -0.2) is 57.9 Å². The molecule has 2 atom stereocenters. The Morgan fingerprint density at radius 1 is 1.24 bits per heavy atom. The summed E-state index contributed by atoms with van der Waals surface area (Å²) >= 11 is 6.51. The summed E-state index contributed by atoms with van der Waals surface area (Å²) in [5.74, 6) is 3.76. The maximum absolute atomic E-state index is 6.51. The van der Waals surface area contributed by atoms with E-state index in [4.69, 9.17) is 21.3 Å². The molecule has 29 heavy (non-hydrogen) atoms. The molecule has 0 saturated heterocycles. The number of aromatic nitrogens is 4. The Morgan fingerprint density at radius 2 is 2.14 bits per heavy atom. The van der Waals surface area contributed by atoms with Gasteiger partial charge in [0.05, 0.1) is 24.2 Å². The summed E-state index contributed by atoms with van der Waals surface area (Å²) in [5, 5.41) is 13.0. The van der Waals surface area contributed by atoms with Crippen LogP contribution in [0.2, 0.25) is 5.02 Å². The minimum absolute atomic E-state index is 0.380. The number of nitrogens with one attached hydrogen (secondary N) is 1. The van der Waals surface area contributed by atoms with Crippen LogP contribution < -0.4 is 10.2 Å². The number of hydrogen-bond donors (Lipinski definition) is 1. The molecular weight excluding hydrogens is 390 g/mol. The van der Waals surface area contributed by atoms with Gasteiger partial charge in [0.15, 0.2) is 5.82 Å². The van der Waals surface area contributed by atoms with Crippen molar-refractivity contribution in [2.75, 3.05) is 25.2 Å². The van der Waals surface area contributed by atoms with E-state index in [0.29, 0.717) is 30.3 Å². The van der Waals surface area contributed by atoms with E-state index in [1.54, 1.807) is 13.3 Å². The number of methoxy groups -OCH3 is 1. The van der Waals surface area contributed by atoms with Crippen molar-refractivity contribution >= 4 is 23.3 Å². The van der Waals surface area contributed by atoms with E-state index in [0.717, 1.165) is 54.8 Å². The molecule has 5 rings (SSSR count). The molecule has 2 unspecified atom stereocenters. The molecular formula is C20H26ClN7O. The minimum Gasteiger partial charge on any atom is -0.384 e. The molecule has 4 heterocycles. The Hall–Kier alpha value is -2.19. The van der Waals surface area contributed by atoms with Gasteiger partial charge >= 0.3 is 0 Å². The van der Waals surface area contributed by atoms with Crippen LogP contribution in [0.1, 0.15) is 42.9 Å². The fourth-order valence-corrected chi connectivity index (χ4v) is 4.73. The number of amidine groups is 1. The van der Waals surface area contributed by atoms with E-state index in [-0.39, 0.29) is 0 Å². The van der Waals surface area contributed by atoms with Crippen LogP contribution in [0, 0.1) is 0 Å². The van der Waals surface area contributed by atoms with Crippen molar-refractivity contribution in [1.82, 2.24) is 25.1 Å². The second kappa shape index (κ2) is 7.91. The summed E-state index contributed by atoms with van der Waals surface area (Å²) in [6.45, 7) is 3.02. The van der Waals surface area contributed by atoms with Crippen LogP contribution in [-0.2, 0) is 24.2 Å². The van der Waals surface area contributed by atoms with Gasteiger partial charge in [0.25, 0.3) is 0 Å². The maximum atomic E-state index is 6.51. The SMILES string of the molecule is COCCc1nnc2n1CCN(c1cc(C3=NC4CCCCC4N3)c(Cl)cn1)C2. The fraction of sp³-hybridized carbons (Fsp3) is 0.600. The third-order valence-electron chi connectivity index (χ3n) is 6.13. The van der Waals surface area contributed by atoms with Crippen molar-refractivity contribution in [3.8, 4) is 0 Å². The topological polar surface area (TPSA) is 80.5 Å². The minimum atomic E-state index is 0.380. The number of ether oxygens (including phenoxy) is 1. The van der Waals surface area contributed by atoms with Gasteiger partial charge in [-0.05, 0) is 18.9 Å². The van der Waals surface area contributed by atoms with Gasteiger partial charge in [-0.1, -0.05) is 24.4 Å². The molecule has 1 fully saturated rings. The molecule has 0 amide bonds. The summed E-state index contributed by atoms with van der Waals surface area (Å²) in [6, 6.07) is 2.89. The Bertz CT molecular complexity index is 928. The van der Waals surface area contributed by atoms with Gasteiger partial charge in [-0.15, -0.1) is 10.2 Å². The number of rotatable bonds is 5. The number of nitrogens with zero attached hydrogens (tertiary/aromatic N) is 6. The summed E-state index contributed by atoms with van der Waals surface area (Å²) in [6.07, 6.45) is 7.38. The van der Waals surface area contributed by atoms with Crippen molar-refractivity contribution in [3.05, 3.63) is 34.5 Å². The lowest BCUT2D eigenvalue weighted by Crippen LogP contribution is -2.37. The molecule has 1 aliphatic carbocycles. The first-order valence-corrected chi connectivity index (χ1v) is 10.8. The first-order valence-electron chi connectivity index (χ1n) is 10.4. The van der Waals surface area contributed by atoms with Crippen LogP contribution in [0.4, 0.5) is 5.82 Å². The monoisotopic (exact) mass is 415 g/mol. The van der Waals surface area contributed by atoms with E-state index < -0.39 is 0 Å². The average Bonchev–Trinajstić information content (AvgIpc) is 3.36. The largest absolute Gasteiger partial charge is 0.384 e. The van der Waals surface area contributed by atoms with E-state index in [2.05, 4.69) is 36.0 Å². The number of fused-ring (bicyclic) bond motifs is 2. The molecule has 2 aliphatic heterocycles. The number of pyridine rings is 1. The Kier molecular flexibility index (Phi) is 5.13. The molecule has 0 bridgehead atoms. The predicted octanol–water partition coefficient (Wildman–Crippen LogP) is 2.20. The first kappa shape index (κ1) is 18.8. The van der Waals surface area contributed by atoms with Crippen molar-refractivity contribution in [1.29, 1.82) is 0 Å². The molecule has 1 saturated carbocycles. The normalized spacial score (nSPS) is 23.4. The molecule has 2 aromatic rings. The van der Waals surface area contributed by atoms with Gasteiger partial charge in [0, 0.05) is 44.4 Å². The van der Waals surface area contributed by atoms with Gasteiger partial charge in [-0.2, -0.15) is 0 Å². The lowest BCUT2D eigenvalue weighted by Gasteiger charge is -2.29. The van der Waals surface area contributed by atoms with Gasteiger partial charge in [0.2, 0.25) is 0 Å². The third kappa shape index (κ3) is 3.59. The van der Waals surface area contributed by atoms with Gasteiger partial charge in [0.1, 0.15) is 17.5 Å². The Morgan fingerprint density at radius 3 is 3.00 bits per heavy atom. The number of hydrogen-bond acceptors (Lipinski definition) is 7. The molecule has 0 spiro atoms. The number of anilines is 1. The average molecular weight is 416 g/mol. The number of halogens is 1. The van der Waals surface area contributed by atoms with Crippen LogP contribution in [0.15, 0.2) is 17.3 Å². The van der Waals surface area contributed by atoms with Gasteiger partial charge < -0.3 is 19.5 Å². The highest BCUT2D eigenvalue weighted by atomic mass is 35.5. The summed E-state index contributed by atoms with van der Waals surface area (Å²) in [7, 11) is 1.71. The third-order valence-corrected chi connectivity index (χ3v) is 6.43. The molecule has 2 aromatic heterocycles. The van der Waals surface area contributed by atoms with Crippen LogP contribution >= 0.6 is 11.6 Å². The highest BCUT2D eigenvalue weighted by Crippen LogP contribution is 2.29. The molecule has 9 heteroatoms. The second-order valence-electron chi connectivity index (χ2n) is 7.95. The lowest BCUT2D eigenvalue weighted by molar-refractivity contribution is 0.199. The second-order valence-corrected chi connectivity index (χ2v) is 8.36. The van der Waals surface area contributed by atoms with Crippen molar-refractivity contribution in [2.24, 2.45) is 4.99 Å². The molecule has 0 aromatic carbocycles. The lowest BCUT2D eigenvalue weighted by atomic mass is 9.92. The molecule has 154 valence electrons. The summed E-state index contributed by atoms with van der Waals surface area (Å²) < 4.78 is 7.37. The highest BCUT2D eigenvalue weighted by Gasteiger charge is 2.32. The molecule has 0 radical (unpaired) electrons. The number of aliphatic imine (C=N–C) groups is 1. The first-order chi connectivity index (χ1) is 14.2. The van der Waals surface area contributed by atoms with E-state index in [1.165, 1.54) is 19.3 Å². The highest BCUT2D eigenvalue weighted by molar-refractivity contribution is 6.34. The van der Waals surface area contributed by atoms with Crippen LogP contribution in [0.25, 0.3) is 0 Å². The standard InChI is InChI=1S/C20H26ClN7O/c1-29-9-6-17-25-26-19-12-27(7-8-28(17)19)18-10-13(14(21)11-22-18)20-23-15-4-2-3-5-16(15)24-20/h10-11,15-16H,2-9,12H2,1H3,(H,23,24). The van der Waals surface area contributed by atoms with Crippen molar-refractivity contribution in [2.45, 2.75) is 57.3 Å². The quantitative estimate of drug-likeness (QED) is 0.806. The predicted molar refractivity (Wildman–Crippen MR) is 112 cm³/mol. The molecule has 8 nitrogen and oxygen atoms in total. The Labute approximate surface area is 175 Å². The molecule has 3 aliphatic rings. The van der Waals surface area contributed by atoms with E-state index >= 15 is 0 Å². The summed E-state index contributed by atoms with van der Waals surface area (Å²) in [5.41, 5.74) is 0.943. The van der Waals surface area contributed by atoms with Crippen molar-refractivity contribution in [3.63, 3.8) is 0 Å². The summed E-state index contributed by atoms with van der Waals surface area (Å²) in [4.78, 5) is 11.7. The van der Waals surface area contributed by atoms with Crippen molar-refractivity contribution < 1.29 is 4.74 Å². The zero-order valence-corrected chi connectivity index (χ0v) is 17.4. The van der Waals surface area contributed by atoms with E-state index in [1.807, 2.05) is 0 Å². The van der Waals surface area contributed by atoms with Crippen LogP contribution in [0.3, 0.4) is 0 Å². The Balaban J connectivity index is 1.36.